The van der Waals surface area contributed by atoms with Gasteiger partial charge in [0.25, 0.3) is 5.91 Å². The lowest BCUT2D eigenvalue weighted by Crippen LogP contribution is -2.32. The van der Waals surface area contributed by atoms with Crippen LogP contribution in [0.1, 0.15) is 28.9 Å². The highest BCUT2D eigenvalue weighted by Crippen LogP contribution is 2.20. The van der Waals surface area contributed by atoms with Crippen LogP contribution in [-0.4, -0.2) is 52.1 Å². The molecule has 0 aliphatic heterocycles. The van der Waals surface area contributed by atoms with E-state index in [0.29, 0.717) is 11.3 Å². The molecule has 0 saturated carbocycles. The first kappa shape index (κ1) is 20.2. The number of hydrogen-bond donors (Lipinski definition) is 2. The van der Waals surface area contributed by atoms with E-state index < -0.39 is 0 Å². The molecule has 29 heavy (non-hydrogen) atoms. The number of anilines is 1. The van der Waals surface area contributed by atoms with E-state index in [0.717, 1.165) is 11.3 Å². The average molecular weight is 392 g/mol. The molecule has 3 rings (SSSR count). The molecule has 0 unspecified atom stereocenters. The summed E-state index contributed by atoms with van der Waals surface area (Å²) in [6.07, 6.45) is 3.14. The Morgan fingerprint density at radius 3 is 2.38 bits per heavy atom. The molecule has 2 aromatic carbocycles. The Labute approximate surface area is 169 Å². The van der Waals surface area contributed by atoms with E-state index in [1.807, 2.05) is 36.2 Å². The van der Waals surface area contributed by atoms with Crippen molar-refractivity contribution >= 4 is 17.5 Å². The third-order valence-corrected chi connectivity index (χ3v) is 4.77. The number of nitrogens with zero attached hydrogens (tertiary/aromatic N) is 4. The molecule has 1 aromatic heterocycles. The van der Waals surface area contributed by atoms with Crippen molar-refractivity contribution in [3.63, 3.8) is 0 Å². The van der Waals surface area contributed by atoms with E-state index >= 15 is 0 Å². The quantitative estimate of drug-likeness (QED) is 0.643. The summed E-state index contributed by atoms with van der Waals surface area (Å²) in [5.74, 6) is -0.280. The van der Waals surface area contributed by atoms with Crippen molar-refractivity contribution in [1.82, 2.24) is 25.0 Å². The second-order valence-electron chi connectivity index (χ2n) is 6.73. The molecule has 0 bridgehead atoms. The minimum absolute atomic E-state index is 0.0566. The van der Waals surface area contributed by atoms with Crippen molar-refractivity contribution in [3.8, 4) is 5.69 Å². The molecule has 8 nitrogen and oxygen atoms in total. The first-order chi connectivity index (χ1) is 14.0. The Hall–Kier alpha value is -3.52. The van der Waals surface area contributed by atoms with Gasteiger partial charge in [0.1, 0.15) is 12.7 Å². The number of carbonyl (C=O) groups excluding carboxylic acids is 2. The summed E-state index contributed by atoms with van der Waals surface area (Å²) in [4.78, 5) is 29.9. The van der Waals surface area contributed by atoms with Crippen LogP contribution in [0.2, 0.25) is 0 Å². The summed E-state index contributed by atoms with van der Waals surface area (Å²) in [6, 6.07) is 14.8. The van der Waals surface area contributed by atoms with Gasteiger partial charge in [-0.15, -0.1) is 0 Å². The fraction of sp³-hybridized carbons (Fsp3) is 0.238. The molecule has 3 aromatic rings. The predicted molar refractivity (Wildman–Crippen MR) is 111 cm³/mol. The topological polar surface area (TPSA) is 92.2 Å². The standard InChI is InChI=1S/C21H24N6O2/c1-15(16-6-10-19(11-7-16)27-14-23-13-24-27)26(3)12-20(28)25-18-8-4-17(5-9-18)21(29)22-2/h4-11,13-15H,12H2,1-3H3,(H,22,29)(H,25,28)/t15-/m1/s1. The maximum absolute atomic E-state index is 12.4. The Bertz CT molecular complexity index is 952. The molecular weight excluding hydrogens is 368 g/mol. The summed E-state index contributed by atoms with van der Waals surface area (Å²) in [7, 11) is 3.49. The van der Waals surface area contributed by atoms with Gasteiger partial charge in [-0.05, 0) is 55.9 Å². The predicted octanol–water partition coefficient (Wildman–Crippen LogP) is 2.26. The Balaban J connectivity index is 1.56. The summed E-state index contributed by atoms with van der Waals surface area (Å²) in [5, 5.41) is 9.54. The summed E-state index contributed by atoms with van der Waals surface area (Å²) in [5.41, 5.74) is 3.23. The van der Waals surface area contributed by atoms with Crippen LogP contribution in [0.15, 0.2) is 61.2 Å². The lowest BCUT2D eigenvalue weighted by atomic mass is 10.1. The van der Waals surface area contributed by atoms with Crippen LogP contribution in [0, 0.1) is 0 Å². The molecule has 0 aliphatic rings. The Kier molecular flexibility index (Phi) is 6.36. The van der Waals surface area contributed by atoms with Gasteiger partial charge in [0.05, 0.1) is 12.2 Å². The van der Waals surface area contributed by atoms with Crippen molar-refractivity contribution < 1.29 is 9.59 Å². The van der Waals surface area contributed by atoms with Gasteiger partial charge in [-0.25, -0.2) is 9.67 Å². The molecular formula is C21H24N6O2. The first-order valence-corrected chi connectivity index (χ1v) is 9.25. The number of likely N-dealkylation sites (N-methyl/N-ethyl adjacent to an activating group) is 1. The Morgan fingerprint density at radius 2 is 1.79 bits per heavy atom. The van der Waals surface area contributed by atoms with Crippen LogP contribution in [0.4, 0.5) is 5.69 Å². The molecule has 2 amide bonds. The molecule has 8 heteroatoms. The number of carbonyl (C=O) groups is 2. The monoisotopic (exact) mass is 392 g/mol. The largest absolute Gasteiger partial charge is 0.355 e. The number of benzene rings is 2. The number of nitrogens with one attached hydrogen (secondary N) is 2. The zero-order chi connectivity index (χ0) is 20.8. The molecule has 0 aliphatic carbocycles. The SMILES string of the molecule is CNC(=O)c1ccc(NC(=O)CN(C)[C@H](C)c2ccc(-n3cncn3)cc2)cc1. The molecule has 2 N–H and O–H groups in total. The highest BCUT2D eigenvalue weighted by atomic mass is 16.2. The van der Waals surface area contributed by atoms with Crippen molar-refractivity contribution in [2.75, 3.05) is 26.0 Å². The lowest BCUT2D eigenvalue weighted by Gasteiger charge is -2.24. The Morgan fingerprint density at radius 1 is 1.10 bits per heavy atom. The molecule has 150 valence electrons. The van der Waals surface area contributed by atoms with Gasteiger partial charge in [0.2, 0.25) is 5.91 Å². The van der Waals surface area contributed by atoms with Crippen LogP contribution < -0.4 is 10.6 Å². The van der Waals surface area contributed by atoms with E-state index in [1.54, 1.807) is 42.3 Å². The van der Waals surface area contributed by atoms with Crippen LogP contribution in [0.5, 0.6) is 0 Å². The normalized spacial score (nSPS) is 11.9. The third-order valence-electron chi connectivity index (χ3n) is 4.77. The van der Waals surface area contributed by atoms with Gasteiger partial charge in [0.15, 0.2) is 0 Å². The van der Waals surface area contributed by atoms with Gasteiger partial charge in [-0.1, -0.05) is 12.1 Å². The maximum atomic E-state index is 12.4. The second-order valence-corrected chi connectivity index (χ2v) is 6.73. The lowest BCUT2D eigenvalue weighted by molar-refractivity contribution is -0.117. The van der Waals surface area contributed by atoms with Gasteiger partial charge < -0.3 is 10.6 Å². The molecule has 0 fully saturated rings. The molecule has 0 spiro atoms. The highest BCUT2D eigenvalue weighted by molar-refractivity contribution is 5.96. The van der Waals surface area contributed by atoms with Crippen LogP contribution in [0.25, 0.3) is 5.69 Å². The van der Waals surface area contributed by atoms with Crippen molar-refractivity contribution in [3.05, 3.63) is 72.3 Å². The zero-order valence-electron chi connectivity index (χ0n) is 16.7. The maximum Gasteiger partial charge on any atom is 0.251 e. The fourth-order valence-corrected chi connectivity index (χ4v) is 2.91. The number of amides is 2. The summed E-state index contributed by atoms with van der Waals surface area (Å²) < 4.78 is 1.70. The molecule has 0 radical (unpaired) electrons. The van der Waals surface area contributed by atoms with E-state index in [1.165, 1.54) is 6.33 Å². The van der Waals surface area contributed by atoms with E-state index in [9.17, 15) is 9.59 Å². The van der Waals surface area contributed by atoms with Crippen LogP contribution >= 0.6 is 0 Å². The van der Waals surface area contributed by atoms with Gasteiger partial charge >= 0.3 is 0 Å². The fourth-order valence-electron chi connectivity index (χ4n) is 2.91. The summed E-state index contributed by atoms with van der Waals surface area (Å²) in [6.45, 7) is 2.29. The van der Waals surface area contributed by atoms with Crippen molar-refractivity contribution in [2.45, 2.75) is 13.0 Å². The number of rotatable bonds is 7. The first-order valence-electron chi connectivity index (χ1n) is 9.25. The molecule has 1 heterocycles. The average Bonchev–Trinajstić information content (AvgIpc) is 3.28. The zero-order valence-corrected chi connectivity index (χ0v) is 16.7. The van der Waals surface area contributed by atoms with Gasteiger partial charge in [-0.2, -0.15) is 5.10 Å². The van der Waals surface area contributed by atoms with Crippen molar-refractivity contribution in [2.24, 2.45) is 0 Å². The molecule has 1 atom stereocenters. The molecule has 0 saturated heterocycles. The smallest absolute Gasteiger partial charge is 0.251 e. The summed E-state index contributed by atoms with van der Waals surface area (Å²) >= 11 is 0. The van der Waals surface area contributed by atoms with Crippen LogP contribution in [-0.2, 0) is 4.79 Å². The van der Waals surface area contributed by atoms with E-state index in [4.69, 9.17) is 0 Å². The van der Waals surface area contributed by atoms with E-state index in [-0.39, 0.29) is 24.4 Å². The van der Waals surface area contributed by atoms with Gasteiger partial charge in [0, 0.05) is 24.3 Å². The second kappa shape index (κ2) is 9.11. The minimum Gasteiger partial charge on any atom is -0.355 e. The number of aromatic nitrogens is 3. The van der Waals surface area contributed by atoms with Gasteiger partial charge in [-0.3, -0.25) is 14.5 Å². The van der Waals surface area contributed by atoms with Crippen LogP contribution in [0.3, 0.4) is 0 Å². The highest BCUT2D eigenvalue weighted by Gasteiger charge is 2.15. The minimum atomic E-state index is -0.161. The number of hydrogen-bond acceptors (Lipinski definition) is 5. The van der Waals surface area contributed by atoms with Crippen molar-refractivity contribution in [1.29, 1.82) is 0 Å². The third kappa shape index (κ3) is 5.05. The van der Waals surface area contributed by atoms with E-state index in [2.05, 4.69) is 27.6 Å².